The number of nitrogens with zero attached hydrogens (tertiary/aromatic N) is 2. The Balaban J connectivity index is 1.88. The van der Waals surface area contributed by atoms with Gasteiger partial charge in [0.2, 0.25) is 0 Å². The van der Waals surface area contributed by atoms with Crippen molar-refractivity contribution in [1.29, 1.82) is 0 Å². The van der Waals surface area contributed by atoms with Gasteiger partial charge in [0.25, 0.3) is 0 Å². The van der Waals surface area contributed by atoms with E-state index in [9.17, 15) is 4.79 Å². The SMILES string of the molecule is O=C(O)C[N+]12CC[N+](CCCCO)(CC1)CC2. The lowest BCUT2D eigenvalue weighted by molar-refractivity contribution is -1.08. The van der Waals surface area contributed by atoms with Crippen LogP contribution in [0.5, 0.6) is 0 Å². The maximum absolute atomic E-state index is 10.9. The number of quaternary nitrogens is 2. The lowest BCUT2D eigenvalue weighted by Crippen LogP contribution is -2.75. The molecule has 3 heterocycles. The highest BCUT2D eigenvalue weighted by molar-refractivity contribution is 5.67. The Labute approximate surface area is 102 Å². The number of hydrogen-bond donors (Lipinski definition) is 2. The molecule has 5 nitrogen and oxygen atoms in total. The van der Waals surface area contributed by atoms with Crippen LogP contribution in [0.4, 0.5) is 0 Å². The molecule has 3 rings (SSSR count). The number of fused-ring (bicyclic) bond motifs is 3. The second kappa shape index (κ2) is 4.92. The molecule has 0 spiro atoms. The zero-order valence-electron chi connectivity index (χ0n) is 10.5. The van der Waals surface area contributed by atoms with Crippen molar-refractivity contribution in [3.8, 4) is 0 Å². The summed E-state index contributed by atoms with van der Waals surface area (Å²) >= 11 is 0. The molecule has 0 aromatic heterocycles. The molecular formula is C12H24N2O3+2. The molecule has 98 valence electrons. The van der Waals surface area contributed by atoms with Crippen LogP contribution in [0.2, 0.25) is 0 Å². The van der Waals surface area contributed by atoms with Gasteiger partial charge in [-0.3, -0.25) is 0 Å². The van der Waals surface area contributed by atoms with Crippen LogP contribution < -0.4 is 0 Å². The van der Waals surface area contributed by atoms with Crippen LogP contribution in [0.1, 0.15) is 12.8 Å². The van der Waals surface area contributed by atoms with Crippen LogP contribution in [0, 0.1) is 0 Å². The largest absolute Gasteiger partial charge is 0.477 e. The topological polar surface area (TPSA) is 57.5 Å². The Morgan fingerprint density at radius 2 is 1.47 bits per heavy atom. The Morgan fingerprint density at radius 3 is 1.94 bits per heavy atom. The van der Waals surface area contributed by atoms with Gasteiger partial charge in [-0.25, -0.2) is 4.79 Å². The van der Waals surface area contributed by atoms with E-state index < -0.39 is 5.97 Å². The summed E-state index contributed by atoms with van der Waals surface area (Å²) in [6, 6.07) is 0. The molecule has 0 saturated carbocycles. The number of aliphatic hydroxyl groups is 1. The lowest BCUT2D eigenvalue weighted by atomic mass is 10.1. The Morgan fingerprint density at radius 1 is 0.941 bits per heavy atom. The van der Waals surface area contributed by atoms with Crippen LogP contribution in [0.15, 0.2) is 0 Å². The molecule has 3 aliphatic heterocycles. The first-order valence-electron chi connectivity index (χ1n) is 6.63. The van der Waals surface area contributed by atoms with E-state index in [2.05, 4.69) is 0 Å². The third-order valence-corrected chi connectivity index (χ3v) is 4.66. The van der Waals surface area contributed by atoms with Crippen molar-refractivity contribution in [3.05, 3.63) is 0 Å². The number of aliphatic hydroxyl groups excluding tert-OH is 1. The summed E-state index contributed by atoms with van der Waals surface area (Å²) in [7, 11) is 0. The highest BCUT2D eigenvalue weighted by atomic mass is 16.4. The van der Waals surface area contributed by atoms with E-state index in [0.29, 0.717) is 13.2 Å². The Bertz CT molecular complexity index is 269. The standard InChI is InChI=1S/C12H23N2O3/c15-10-2-1-3-13-4-7-14(8-5-13,9-6-13)11-12(16)17/h15H,1-11H2/q+1/p+1. The van der Waals surface area contributed by atoms with Crippen molar-refractivity contribution < 1.29 is 24.0 Å². The number of carboxylic acids is 1. The molecule has 0 unspecified atom stereocenters. The van der Waals surface area contributed by atoms with E-state index in [1.807, 2.05) is 0 Å². The average molecular weight is 244 g/mol. The van der Waals surface area contributed by atoms with E-state index in [-0.39, 0.29) is 0 Å². The predicted octanol–water partition coefficient (Wildman–Crippen LogP) is -0.496. The minimum Gasteiger partial charge on any atom is -0.477 e. The number of aliphatic carboxylic acids is 1. The lowest BCUT2D eigenvalue weighted by Gasteiger charge is -2.55. The fourth-order valence-corrected chi connectivity index (χ4v) is 3.36. The zero-order valence-corrected chi connectivity index (χ0v) is 10.5. The molecule has 5 heteroatoms. The minimum atomic E-state index is -0.660. The van der Waals surface area contributed by atoms with Crippen molar-refractivity contribution >= 4 is 5.97 Å². The van der Waals surface area contributed by atoms with Crippen LogP contribution in [-0.2, 0) is 4.79 Å². The molecule has 3 aliphatic rings. The highest BCUT2D eigenvalue weighted by Crippen LogP contribution is 2.26. The van der Waals surface area contributed by atoms with Gasteiger partial charge < -0.3 is 19.2 Å². The van der Waals surface area contributed by atoms with Gasteiger partial charge in [-0.2, -0.15) is 0 Å². The van der Waals surface area contributed by atoms with Crippen LogP contribution >= 0.6 is 0 Å². The first-order chi connectivity index (χ1) is 8.10. The highest BCUT2D eigenvalue weighted by Gasteiger charge is 2.49. The molecule has 2 N–H and O–H groups in total. The summed E-state index contributed by atoms with van der Waals surface area (Å²) in [6.45, 7) is 8.18. The van der Waals surface area contributed by atoms with E-state index >= 15 is 0 Å². The monoisotopic (exact) mass is 244 g/mol. The number of rotatable bonds is 6. The van der Waals surface area contributed by atoms with Crippen molar-refractivity contribution in [2.24, 2.45) is 0 Å². The quantitative estimate of drug-likeness (QED) is 0.489. The Kier molecular flexibility index (Phi) is 3.70. The van der Waals surface area contributed by atoms with Gasteiger partial charge in [0.1, 0.15) is 39.3 Å². The van der Waals surface area contributed by atoms with E-state index in [4.69, 9.17) is 10.2 Å². The summed E-state index contributed by atoms with van der Waals surface area (Å²) in [5, 5.41) is 17.8. The third-order valence-electron chi connectivity index (χ3n) is 4.66. The molecule has 0 aromatic rings. The number of hydrogen-bond acceptors (Lipinski definition) is 2. The van der Waals surface area contributed by atoms with Gasteiger partial charge in [0, 0.05) is 6.61 Å². The average Bonchev–Trinajstić information content (AvgIpc) is 2.31. The molecular weight excluding hydrogens is 220 g/mol. The van der Waals surface area contributed by atoms with E-state index in [1.54, 1.807) is 0 Å². The van der Waals surface area contributed by atoms with E-state index in [0.717, 1.165) is 63.1 Å². The van der Waals surface area contributed by atoms with Gasteiger partial charge in [-0.1, -0.05) is 0 Å². The summed E-state index contributed by atoms with van der Waals surface area (Å²) < 4.78 is 1.97. The van der Waals surface area contributed by atoms with Crippen molar-refractivity contribution in [3.63, 3.8) is 0 Å². The number of piperazine rings is 3. The second-order valence-electron chi connectivity index (χ2n) is 5.73. The number of unbranched alkanes of at least 4 members (excludes halogenated alkanes) is 1. The van der Waals surface area contributed by atoms with Gasteiger partial charge in [-0.05, 0) is 12.8 Å². The van der Waals surface area contributed by atoms with Crippen molar-refractivity contribution in [2.75, 3.05) is 59.0 Å². The normalized spacial score (nSPS) is 36.1. The molecule has 17 heavy (non-hydrogen) atoms. The molecule has 0 radical (unpaired) electrons. The van der Waals surface area contributed by atoms with Crippen LogP contribution in [0.3, 0.4) is 0 Å². The molecule has 2 bridgehead atoms. The Hall–Kier alpha value is -0.650. The van der Waals surface area contributed by atoms with Gasteiger partial charge in [0.15, 0.2) is 6.54 Å². The first kappa shape index (κ1) is 12.8. The number of carboxylic acid groups (broad SMARTS) is 1. The molecule has 0 aromatic carbocycles. The second-order valence-corrected chi connectivity index (χ2v) is 5.73. The molecule has 0 aliphatic carbocycles. The van der Waals surface area contributed by atoms with Crippen molar-refractivity contribution in [2.45, 2.75) is 12.8 Å². The first-order valence-corrected chi connectivity index (χ1v) is 6.63. The summed E-state index contributed by atoms with van der Waals surface area (Å²) in [6.07, 6.45) is 1.99. The smallest absolute Gasteiger partial charge is 0.359 e. The third kappa shape index (κ3) is 2.78. The van der Waals surface area contributed by atoms with E-state index in [1.165, 1.54) is 4.48 Å². The van der Waals surface area contributed by atoms with Gasteiger partial charge >= 0.3 is 5.97 Å². The fourth-order valence-electron chi connectivity index (χ4n) is 3.36. The molecule has 3 saturated heterocycles. The maximum Gasteiger partial charge on any atom is 0.359 e. The zero-order chi connectivity index (χ0) is 12.4. The molecule has 0 atom stereocenters. The number of carbonyl (C=O) groups is 1. The summed E-state index contributed by atoms with van der Waals surface area (Å²) in [5.74, 6) is -0.660. The summed E-state index contributed by atoms with van der Waals surface area (Å²) in [5.41, 5.74) is 0. The van der Waals surface area contributed by atoms with Crippen LogP contribution in [-0.4, -0.2) is 84.1 Å². The van der Waals surface area contributed by atoms with Gasteiger partial charge in [0.05, 0.1) is 6.54 Å². The summed E-state index contributed by atoms with van der Waals surface area (Å²) in [4.78, 5) is 10.9. The molecule has 3 fully saturated rings. The maximum atomic E-state index is 10.9. The van der Waals surface area contributed by atoms with Crippen LogP contribution in [0.25, 0.3) is 0 Å². The molecule has 0 amide bonds. The minimum absolute atomic E-state index is 0.291. The predicted molar refractivity (Wildman–Crippen MR) is 63.4 cm³/mol. The van der Waals surface area contributed by atoms with Gasteiger partial charge in [-0.15, -0.1) is 0 Å². The van der Waals surface area contributed by atoms with Crippen molar-refractivity contribution in [1.82, 2.24) is 0 Å². The fraction of sp³-hybridized carbons (Fsp3) is 0.917.